The third-order valence-electron chi connectivity index (χ3n) is 2.28. The molecule has 0 aliphatic heterocycles. The van der Waals surface area contributed by atoms with Crippen molar-refractivity contribution < 1.29 is 14.6 Å². The van der Waals surface area contributed by atoms with Gasteiger partial charge >= 0.3 is 0 Å². The first-order chi connectivity index (χ1) is 7.74. The van der Waals surface area contributed by atoms with E-state index in [9.17, 15) is 5.11 Å². The van der Waals surface area contributed by atoms with Crippen molar-refractivity contribution in [2.45, 2.75) is 20.0 Å². The van der Waals surface area contributed by atoms with Gasteiger partial charge in [-0.2, -0.15) is 0 Å². The Balaban J connectivity index is 2.27. The van der Waals surface area contributed by atoms with Crippen LogP contribution in [-0.4, -0.2) is 31.5 Å². The zero-order valence-electron chi connectivity index (χ0n) is 9.98. The van der Waals surface area contributed by atoms with Gasteiger partial charge in [-0.25, -0.2) is 0 Å². The van der Waals surface area contributed by atoms with Crippen LogP contribution in [0.2, 0.25) is 0 Å². The Morgan fingerprint density at radius 1 is 1.25 bits per heavy atom. The summed E-state index contributed by atoms with van der Waals surface area (Å²) < 4.78 is 10.5. The first-order valence-electron chi connectivity index (χ1n) is 5.64. The largest absolute Gasteiger partial charge is 0.386 e. The quantitative estimate of drug-likeness (QED) is 0.721. The monoisotopic (exact) mass is 224 g/mol. The molecule has 0 aliphatic carbocycles. The summed E-state index contributed by atoms with van der Waals surface area (Å²) in [5.74, 6) is 0. The second-order valence-electron chi connectivity index (χ2n) is 3.70. The molecule has 1 atom stereocenters. The van der Waals surface area contributed by atoms with Gasteiger partial charge in [-0.15, -0.1) is 0 Å². The lowest BCUT2D eigenvalue weighted by atomic mass is 10.1. The average Bonchev–Trinajstić information content (AvgIpc) is 2.28. The van der Waals surface area contributed by atoms with Gasteiger partial charge in [0.25, 0.3) is 0 Å². The summed E-state index contributed by atoms with van der Waals surface area (Å²) in [4.78, 5) is 0. The Labute approximate surface area is 97.0 Å². The van der Waals surface area contributed by atoms with E-state index < -0.39 is 6.10 Å². The predicted octanol–water partition coefficient (Wildman–Crippen LogP) is 2.08. The van der Waals surface area contributed by atoms with Crippen LogP contribution < -0.4 is 0 Å². The van der Waals surface area contributed by atoms with E-state index in [2.05, 4.69) is 0 Å². The molecule has 1 N–H and O–H groups in total. The highest BCUT2D eigenvalue weighted by Gasteiger charge is 2.07. The van der Waals surface area contributed by atoms with Crippen LogP contribution in [0.15, 0.2) is 24.3 Å². The second kappa shape index (κ2) is 7.39. The normalized spacial score (nSPS) is 12.7. The highest BCUT2D eigenvalue weighted by atomic mass is 16.5. The van der Waals surface area contributed by atoms with Gasteiger partial charge in [-0.3, -0.25) is 0 Å². The standard InChI is InChI=1S/C13H20O3/c1-3-15-7-8-16-10-13(14)12-6-4-5-11(2)9-12/h4-6,9,13-14H,3,7-8,10H2,1-2H3. The number of hydrogen-bond acceptors (Lipinski definition) is 3. The minimum atomic E-state index is -0.554. The Kier molecular flexibility index (Phi) is 6.08. The van der Waals surface area contributed by atoms with E-state index in [1.807, 2.05) is 38.1 Å². The Morgan fingerprint density at radius 3 is 2.69 bits per heavy atom. The molecule has 90 valence electrons. The molecule has 0 spiro atoms. The van der Waals surface area contributed by atoms with Gasteiger partial charge in [0.15, 0.2) is 0 Å². The fourth-order valence-electron chi connectivity index (χ4n) is 1.43. The van der Waals surface area contributed by atoms with Crippen LogP contribution in [0.5, 0.6) is 0 Å². The van der Waals surface area contributed by atoms with Gasteiger partial charge in [0, 0.05) is 6.61 Å². The zero-order chi connectivity index (χ0) is 11.8. The molecule has 0 bridgehead atoms. The second-order valence-corrected chi connectivity index (χ2v) is 3.70. The Hall–Kier alpha value is -0.900. The Morgan fingerprint density at radius 2 is 2.00 bits per heavy atom. The molecule has 0 amide bonds. The van der Waals surface area contributed by atoms with E-state index in [1.54, 1.807) is 0 Å². The molecule has 0 heterocycles. The predicted molar refractivity (Wildman–Crippen MR) is 63.5 cm³/mol. The van der Waals surface area contributed by atoms with Crippen molar-refractivity contribution in [3.05, 3.63) is 35.4 Å². The van der Waals surface area contributed by atoms with Crippen LogP contribution in [0.1, 0.15) is 24.2 Å². The number of rotatable bonds is 7. The number of aryl methyl sites for hydroxylation is 1. The number of benzene rings is 1. The average molecular weight is 224 g/mol. The smallest absolute Gasteiger partial charge is 0.102 e. The van der Waals surface area contributed by atoms with E-state index in [0.29, 0.717) is 26.4 Å². The fourth-order valence-corrected chi connectivity index (χ4v) is 1.43. The maximum Gasteiger partial charge on any atom is 0.102 e. The van der Waals surface area contributed by atoms with Crippen LogP contribution in [0.4, 0.5) is 0 Å². The van der Waals surface area contributed by atoms with Crippen molar-refractivity contribution in [2.75, 3.05) is 26.4 Å². The number of hydrogen-bond donors (Lipinski definition) is 1. The minimum absolute atomic E-state index is 0.316. The topological polar surface area (TPSA) is 38.7 Å². The molecule has 3 nitrogen and oxygen atoms in total. The minimum Gasteiger partial charge on any atom is -0.386 e. The van der Waals surface area contributed by atoms with Crippen molar-refractivity contribution in [3.63, 3.8) is 0 Å². The van der Waals surface area contributed by atoms with E-state index in [0.717, 1.165) is 11.1 Å². The zero-order valence-corrected chi connectivity index (χ0v) is 9.98. The molecule has 1 unspecified atom stereocenters. The Bertz CT molecular complexity index is 299. The van der Waals surface area contributed by atoms with E-state index in [4.69, 9.17) is 9.47 Å². The highest BCUT2D eigenvalue weighted by Crippen LogP contribution is 2.14. The summed E-state index contributed by atoms with van der Waals surface area (Å²) in [5, 5.41) is 9.84. The van der Waals surface area contributed by atoms with E-state index >= 15 is 0 Å². The molecule has 0 aliphatic rings. The first kappa shape index (κ1) is 13.2. The summed E-state index contributed by atoms with van der Waals surface area (Å²) in [7, 11) is 0. The van der Waals surface area contributed by atoms with Crippen LogP contribution >= 0.6 is 0 Å². The van der Waals surface area contributed by atoms with Gasteiger partial charge < -0.3 is 14.6 Å². The lowest BCUT2D eigenvalue weighted by molar-refractivity contribution is 0.00530. The molecular weight excluding hydrogens is 204 g/mol. The van der Waals surface area contributed by atoms with Crippen molar-refractivity contribution in [1.82, 2.24) is 0 Å². The maximum absolute atomic E-state index is 9.84. The molecule has 16 heavy (non-hydrogen) atoms. The van der Waals surface area contributed by atoms with Crippen molar-refractivity contribution in [2.24, 2.45) is 0 Å². The number of ether oxygens (including phenoxy) is 2. The first-order valence-corrected chi connectivity index (χ1v) is 5.64. The van der Waals surface area contributed by atoms with Crippen LogP contribution in [0.3, 0.4) is 0 Å². The van der Waals surface area contributed by atoms with Gasteiger partial charge in [0.1, 0.15) is 6.10 Å². The third-order valence-corrected chi connectivity index (χ3v) is 2.28. The van der Waals surface area contributed by atoms with Crippen molar-refractivity contribution >= 4 is 0 Å². The van der Waals surface area contributed by atoms with Crippen LogP contribution in [0.25, 0.3) is 0 Å². The molecule has 1 aromatic carbocycles. The lowest BCUT2D eigenvalue weighted by Gasteiger charge is -2.12. The van der Waals surface area contributed by atoms with Crippen LogP contribution in [-0.2, 0) is 9.47 Å². The molecule has 0 saturated heterocycles. The highest BCUT2D eigenvalue weighted by molar-refractivity contribution is 5.23. The van der Waals surface area contributed by atoms with Crippen molar-refractivity contribution in [1.29, 1.82) is 0 Å². The molecule has 0 fully saturated rings. The third kappa shape index (κ3) is 4.75. The molecule has 0 radical (unpaired) electrons. The summed E-state index contributed by atoms with van der Waals surface area (Å²) in [6, 6.07) is 7.82. The molecule has 3 heteroatoms. The summed E-state index contributed by atoms with van der Waals surface area (Å²) in [6.07, 6.45) is -0.554. The molecular formula is C13H20O3. The maximum atomic E-state index is 9.84. The number of aliphatic hydroxyl groups excluding tert-OH is 1. The van der Waals surface area contributed by atoms with Gasteiger partial charge in [-0.1, -0.05) is 29.8 Å². The molecule has 0 saturated carbocycles. The summed E-state index contributed by atoms with van der Waals surface area (Å²) >= 11 is 0. The number of aliphatic hydroxyl groups is 1. The van der Waals surface area contributed by atoms with E-state index in [-0.39, 0.29) is 0 Å². The van der Waals surface area contributed by atoms with E-state index in [1.165, 1.54) is 0 Å². The molecule has 0 aromatic heterocycles. The SMILES string of the molecule is CCOCCOCC(O)c1cccc(C)c1. The van der Waals surface area contributed by atoms with Crippen LogP contribution in [0, 0.1) is 6.92 Å². The molecule has 1 rings (SSSR count). The van der Waals surface area contributed by atoms with Gasteiger partial charge in [0.05, 0.1) is 19.8 Å². The van der Waals surface area contributed by atoms with Gasteiger partial charge in [0.2, 0.25) is 0 Å². The lowest BCUT2D eigenvalue weighted by Crippen LogP contribution is -2.11. The summed E-state index contributed by atoms with van der Waals surface area (Å²) in [6.45, 7) is 6.07. The van der Waals surface area contributed by atoms with Crippen molar-refractivity contribution in [3.8, 4) is 0 Å². The molecule has 1 aromatic rings. The summed E-state index contributed by atoms with van der Waals surface area (Å²) in [5.41, 5.74) is 2.04. The fraction of sp³-hybridized carbons (Fsp3) is 0.538. The van der Waals surface area contributed by atoms with Gasteiger partial charge in [-0.05, 0) is 19.4 Å².